The van der Waals surface area contributed by atoms with Crippen LogP contribution in [0, 0.1) is 6.92 Å². The second kappa shape index (κ2) is 5.74. The topological polar surface area (TPSA) is 51.8 Å². The fourth-order valence-electron chi connectivity index (χ4n) is 1.88. The van der Waals surface area contributed by atoms with E-state index in [1.54, 1.807) is 6.20 Å². The molecule has 0 aliphatic rings. The van der Waals surface area contributed by atoms with Crippen molar-refractivity contribution in [1.82, 2.24) is 9.97 Å². The lowest BCUT2D eigenvalue weighted by molar-refractivity contribution is 0.682. The van der Waals surface area contributed by atoms with Gasteiger partial charge in [0.25, 0.3) is 0 Å². The second-order valence-electron chi connectivity index (χ2n) is 4.58. The van der Waals surface area contributed by atoms with Crippen molar-refractivity contribution < 1.29 is 0 Å². The Bertz CT molecular complexity index is 505. The number of nitrogens with zero attached hydrogens (tertiary/aromatic N) is 2. The number of pyridine rings is 2. The van der Waals surface area contributed by atoms with Crippen molar-refractivity contribution in [3.63, 3.8) is 0 Å². The van der Waals surface area contributed by atoms with E-state index in [0.29, 0.717) is 0 Å². The van der Waals surface area contributed by atoms with Gasteiger partial charge in [0.2, 0.25) is 0 Å². The summed E-state index contributed by atoms with van der Waals surface area (Å²) >= 11 is 0. The normalized spacial score (nSPS) is 12.4. The minimum atomic E-state index is -0.0927. The van der Waals surface area contributed by atoms with Gasteiger partial charge in [0.05, 0.1) is 11.7 Å². The molecule has 0 saturated heterocycles. The summed E-state index contributed by atoms with van der Waals surface area (Å²) in [5.41, 5.74) is 10.5. The molecule has 2 heterocycles. The Hall–Kier alpha value is -1.74. The smallest absolute Gasteiger partial charge is 0.0577 e. The lowest BCUT2D eigenvalue weighted by Gasteiger charge is -2.11. The molecule has 0 amide bonds. The Labute approximate surface area is 108 Å². The maximum Gasteiger partial charge on any atom is 0.0577 e. The van der Waals surface area contributed by atoms with Gasteiger partial charge in [-0.1, -0.05) is 13.0 Å². The highest BCUT2D eigenvalue weighted by molar-refractivity contribution is 5.20. The highest BCUT2D eigenvalue weighted by atomic mass is 14.8. The van der Waals surface area contributed by atoms with Gasteiger partial charge in [-0.25, -0.2) is 0 Å². The van der Waals surface area contributed by atoms with E-state index in [4.69, 9.17) is 5.73 Å². The Morgan fingerprint density at radius 2 is 2.06 bits per heavy atom. The molecule has 3 heteroatoms. The van der Waals surface area contributed by atoms with Crippen LogP contribution < -0.4 is 5.73 Å². The Morgan fingerprint density at radius 3 is 2.67 bits per heavy atom. The maximum atomic E-state index is 6.16. The molecule has 94 valence electrons. The van der Waals surface area contributed by atoms with Gasteiger partial charge in [-0.15, -0.1) is 0 Å². The van der Waals surface area contributed by atoms with E-state index in [2.05, 4.69) is 29.0 Å². The predicted octanol–water partition coefficient (Wildman–Crippen LogP) is 2.59. The summed E-state index contributed by atoms with van der Waals surface area (Å²) in [5.74, 6) is 0. The van der Waals surface area contributed by atoms with E-state index in [9.17, 15) is 0 Å². The van der Waals surface area contributed by atoms with Gasteiger partial charge in [-0.2, -0.15) is 0 Å². The molecular weight excluding hydrogens is 222 g/mol. The average molecular weight is 241 g/mol. The molecule has 0 fully saturated rings. The van der Waals surface area contributed by atoms with Crippen LogP contribution in [0.3, 0.4) is 0 Å². The van der Waals surface area contributed by atoms with Crippen LogP contribution in [-0.2, 0) is 12.8 Å². The van der Waals surface area contributed by atoms with Crippen molar-refractivity contribution in [2.45, 2.75) is 32.7 Å². The minimum absolute atomic E-state index is 0.0927. The molecule has 2 N–H and O–H groups in total. The van der Waals surface area contributed by atoms with E-state index >= 15 is 0 Å². The highest BCUT2D eigenvalue weighted by Crippen LogP contribution is 2.14. The zero-order valence-electron chi connectivity index (χ0n) is 10.9. The number of nitrogens with two attached hydrogens (primary N) is 1. The largest absolute Gasteiger partial charge is 0.322 e. The Kier molecular flexibility index (Phi) is 4.05. The molecule has 0 aliphatic heterocycles. The van der Waals surface area contributed by atoms with E-state index in [1.807, 2.05) is 25.3 Å². The van der Waals surface area contributed by atoms with Crippen LogP contribution in [0.1, 0.15) is 35.5 Å². The molecular formula is C15H19N3. The predicted molar refractivity (Wildman–Crippen MR) is 73.2 cm³/mol. The molecule has 0 aliphatic carbocycles. The summed E-state index contributed by atoms with van der Waals surface area (Å²) in [6, 6.07) is 8.08. The van der Waals surface area contributed by atoms with Crippen molar-refractivity contribution in [2.75, 3.05) is 0 Å². The maximum absolute atomic E-state index is 6.16. The molecule has 18 heavy (non-hydrogen) atoms. The lowest BCUT2D eigenvalue weighted by atomic mass is 10.1. The Morgan fingerprint density at radius 1 is 1.22 bits per heavy atom. The highest BCUT2D eigenvalue weighted by Gasteiger charge is 2.09. The molecule has 1 atom stereocenters. The van der Waals surface area contributed by atoms with Crippen LogP contribution in [-0.4, -0.2) is 9.97 Å². The summed E-state index contributed by atoms with van der Waals surface area (Å²) < 4.78 is 0. The van der Waals surface area contributed by atoms with Crippen molar-refractivity contribution in [3.8, 4) is 0 Å². The van der Waals surface area contributed by atoms with Crippen LogP contribution in [0.15, 0.2) is 36.7 Å². The fourth-order valence-corrected chi connectivity index (χ4v) is 1.88. The van der Waals surface area contributed by atoms with E-state index in [1.165, 1.54) is 11.1 Å². The molecule has 3 nitrogen and oxygen atoms in total. The van der Waals surface area contributed by atoms with Gasteiger partial charge < -0.3 is 5.73 Å². The summed E-state index contributed by atoms with van der Waals surface area (Å²) in [5, 5.41) is 0. The summed E-state index contributed by atoms with van der Waals surface area (Å²) in [6.45, 7) is 4.17. The quantitative estimate of drug-likeness (QED) is 0.895. The molecule has 0 spiro atoms. The fraction of sp³-hybridized carbons (Fsp3) is 0.333. The standard InChI is InChI=1S/C15H19N3/c1-3-12-4-5-13(18-10-12)9-14(16)15-8-11(2)6-7-17-15/h4-8,10,14H,3,9,16H2,1-2H3. The summed E-state index contributed by atoms with van der Waals surface area (Å²) in [7, 11) is 0. The first-order valence-corrected chi connectivity index (χ1v) is 6.31. The monoisotopic (exact) mass is 241 g/mol. The van der Waals surface area contributed by atoms with Gasteiger partial charge >= 0.3 is 0 Å². The minimum Gasteiger partial charge on any atom is -0.322 e. The summed E-state index contributed by atoms with van der Waals surface area (Å²) in [4.78, 5) is 8.75. The van der Waals surface area contributed by atoms with Gasteiger partial charge in [0.1, 0.15) is 0 Å². The van der Waals surface area contributed by atoms with Crippen LogP contribution in [0.25, 0.3) is 0 Å². The number of rotatable bonds is 4. The van der Waals surface area contributed by atoms with Crippen LogP contribution in [0.2, 0.25) is 0 Å². The van der Waals surface area contributed by atoms with E-state index < -0.39 is 0 Å². The first-order chi connectivity index (χ1) is 8.69. The van der Waals surface area contributed by atoms with E-state index in [-0.39, 0.29) is 6.04 Å². The molecule has 1 unspecified atom stereocenters. The van der Waals surface area contributed by atoms with Crippen molar-refractivity contribution in [2.24, 2.45) is 5.73 Å². The number of hydrogen-bond donors (Lipinski definition) is 1. The number of hydrogen-bond acceptors (Lipinski definition) is 3. The molecule has 2 aromatic rings. The summed E-state index contributed by atoms with van der Waals surface area (Å²) in [6.07, 6.45) is 5.46. The number of aryl methyl sites for hydroxylation is 2. The van der Waals surface area contributed by atoms with Crippen molar-refractivity contribution in [1.29, 1.82) is 0 Å². The zero-order chi connectivity index (χ0) is 13.0. The third kappa shape index (κ3) is 3.14. The molecule has 0 radical (unpaired) electrons. The van der Waals surface area contributed by atoms with Crippen molar-refractivity contribution in [3.05, 3.63) is 59.2 Å². The van der Waals surface area contributed by atoms with E-state index in [0.717, 1.165) is 24.2 Å². The van der Waals surface area contributed by atoms with Crippen LogP contribution in [0.4, 0.5) is 0 Å². The van der Waals surface area contributed by atoms with Gasteiger partial charge in [-0.05, 0) is 42.7 Å². The van der Waals surface area contributed by atoms with Crippen LogP contribution in [0.5, 0.6) is 0 Å². The molecule has 0 bridgehead atoms. The van der Waals surface area contributed by atoms with Crippen LogP contribution >= 0.6 is 0 Å². The Balaban J connectivity index is 2.08. The van der Waals surface area contributed by atoms with Gasteiger partial charge in [-0.3, -0.25) is 9.97 Å². The third-order valence-electron chi connectivity index (χ3n) is 3.04. The first-order valence-electron chi connectivity index (χ1n) is 6.31. The molecule has 0 saturated carbocycles. The molecule has 0 aromatic carbocycles. The van der Waals surface area contributed by atoms with Crippen molar-refractivity contribution >= 4 is 0 Å². The molecule has 2 aromatic heterocycles. The van der Waals surface area contributed by atoms with Gasteiger partial charge in [0.15, 0.2) is 0 Å². The lowest BCUT2D eigenvalue weighted by Crippen LogP contribution is -2.15. The number of aromatic nitrogens is 2. The molecule has 2 rings (SSSR count). The van der Waals surface area contributed by atoms with Gasteiger partial charge in [0, 0.05) is 24.5 Å². The zero-order valence-corrected chi connectivity index (χ0v) is 10.9. The first kappa shape index (κ1) is 12.7. The third-order valence-corrected chi connectivity index (χ3v) is 3.04. The second-order valence-corrected chi connectivity index (χ2v) is 4.58. The SMILES string of the molecule is CCc1ccc(CC(N)c2cc(C)ccn2)nc1. The average Bonchev–Trinajstić information content (AvgIpc) is 2.39.